The summed E-state index contributed by atoms with van der Waals surface area (Å²) in [6, 6.07) is 9.80. The zero-order valence-electron chi connectivity index (χ0n) is 9.60. The van der Waals surface area contributed by atoms with Crippen LogP contribution in [0.15, 0.2) is 47.3 Å². The number of rotatable bonds is 3. The van der Waals surface area contributed by atoms with E-state index in [-0.39, 0.29) is 0 Å². The van der Waals surface area contributed by atoms with Gasteiger partial charge in [0.25, 0.3) is 0 Å². The maximum absolute atomic E-state index is 10.5. The lowest BCUT2D eigenvalue weighted by atomic mass is 9.89. The third-order valence-electron chi connectivity index (χ3n) is 2.98. The third-order valence-corrected chi connectivity index (χ3v) is 2.98. The smallest absolute Gasteiger partial charge is 0.115 e. The highest BCUT2D eigenvalue weighted by Crippen LogP contribution is 2.29. The summed E-state index contributed by atoms with van der Waals surface area (Å²) in [6.07, 6.45) is 4.13. The largest absolute Gasteiger partial charge is 0.472 e. The molecule has 0 fully saturated rings. The van der Waals surface area contributed by atoms with Gasteiger partial charge in [-0.25, -0.2) is 0 Å². The van der Waals surface area contributed by atoms with Crippen LogP contribution >= 0.6 is 0 Å². The molecule has 0 spiro atoms. The lowest BCUT2D eigenvalue weighted by Crippen LogP contribution is -2.22. The highest BCUT2D eigenvalue weighted by Gasteiger charge is 2.26. The summed E-state index contributed by atoms with van der Waals surface area (Å²) < 4.78 is 5.02. The maximum Gasteiger partial charge on any atom is 0.115 e. The predicted molar refractivity (Wildman–Crippen MR) is 63.2 cm³/mol. The second-order valence-corrected chi connectivity index (χ2v) is 4.14. The Labute approximate surface area is 95.5 Å². The molecule has 0 saturated carbocycles. The van der Waals surface area contributed by atoms with Crippen LogP contribution in [0.25, 0.3) is 0 Å². The zero-order valence-corrected chi connectivity index (χ0v) is 9.60. The molecule has 1 heterocycles. The number of hydrogen-bond donors (Lipinski definition) is 1. The zero-order chi connectivity index (χ0) is 11.6. The van der Waals surface area contributed by atoms with Crippen molar-refractivity contribution >= 4 is 0 Å². The highest BCUT2D eigenvalue weighted by atomic mass is 16.3. The molecule has 0 radical (unpaired) electrons. The molecule has 0 aliphatic carbocycles. The van der Waals surface area contributed by atoms with Crippen molar-refractivity contribution in [2.24, 2.45) is 0 Å². The first kappa shape index (κ1) is 11.0. The van der Waals surface area contributed by atoms with Crippen molar-refractivity contribution in [1.82, 2.24) is 0 Å². The van der Waals surface area contributed by atoms with Gasteiger partial charge in [-0.3, -0.25) is 0 Å². The first-order valence-corrected chi connectivity index (χ1v) is 5.49. The van der Waals surface area contributed by atoms with E-state index in [9.17, 15) is 5.11 Å². The average molecular weight is 216 g/mol. The van der Waals surface area contributed by atoms with E-state index in [1.807, 2.05) is 18.2 Å². The quantitative estimate of drug-likeness (QED) is 0.855. The van der Waals surface area contributed by atoms with Gasteiger partial charge < -0.3 is 9.52 Å². The minimum Gasteiger partial charge on any atom is -0.472 e. The van der Waals surface area contributed by atoms with E-state index in [0.29, 0.717) is 0 Å². The molecule has 2 rings (SSSR count). The first-order chi connectivity index (χ1) is 7.64. The Hall–Kier alpha value is -1.54. The first-order valence-electron chi connectivity index (χ1n) is 5.49. The van der Waals surface area contributed by atoms with Crippen molar-refractivity contribution < 1.29 is 9.52 Å². The standard InChI is InChI=1S/C14H16O2/c1-3-11-5-4-6-12(9-11)14(2,15)13-7-8-16-10-13/h4-10,15H,3H2,1-2H3. The van der Waals surface area contributed by atoms with Crippen LogP contribution in [0.1, 0.15) is 30.5 Å². The fourth-order valence-corrected chi connectivity index (χ4v) is 1.80. The molecule has 0 saturated heterocycles. The summed E-state index contributed by atoms with van der Waals surface area (Å²) in [5.41, 5.74) is 1.91. The monoisotopic (exact) mass is 216 g/mol. The minimum absolute atomic E-state index is 0.778. The summed E-state index contributed by atoms with van der Waals surface area (Å²) in [7, 11) is 0. The normalized spacial score (nSPS) is 14.7. The number of aryl methyl sites for hydroxylation is 1. The van der Waals surface area contributed by atoms with Gasteiger partial charge in [0.2, 0.25) is 0 Å². The van der Waals surface area contributed by atoms with E-state index in [2.05, 4.69) is 13.0 Å². The van der Waals surface area contributed by atoms with Crippen molar-refractivity contribution in [3.63, 3.8) is 0 Å². The Balaban J connectivity index is 2.42. The Morgan fingerprint density at radius 2 is 2.06 bits per heavy atom. The number of hydrogen-bond acceptors (Lipinski definition) is 2. The molecule has 1 atom stereocenters. The van der Waals surface area contributed by atoms with E-state index in [0.717, 1.165) is 17.5 Å². The summed E-state index contributed by atoms with van der Waals surface area (Å²) in [5.74, 6) is 0. The molecule has 16 heavy (non-hydrogen) atoms. The van der Waals surface area contributed by atoms with E-state index in [4.69, 9.17) is 4.42 Å². The van der Waals surface area contributed by atoms with Gasteiger partial charge in [-0.1, -0.05) is 31.2 Å². The molecule has 1 unspecified atom stereocenters. The van der Waals surface area contributed by atoms with Crippen LogP contribution in [-0.2, 0) is 12.0 Å². The number of benzene rings is 1. The molecule has 2 heteroatoms. The lowest BCUT2D eigenvalue weighted by Gasteiger charge is -2.22. The molecule has 0 aliphatic heterocycles. The van der Waals surface area contributed by atoms with Gasteiger partial charge in [-0.2, -0.15) is 0 Å². The Bertz CT molecular complexity index is 455. The van der Waals surface area contributed by atoms with Crippen LogP contribution in [0.3, 0.4) is 0 Å². The van der Waals surface area contributed by atoms with E-state index >= 15 is 0 Å². The number of aliphatic hydroxyl groups is 1. The Kier molecular flexibility index (Phi) is 2.84. The molecule has 1 aromatic carbocycles. The van der Waals surface area contributed by atoms with Crippen LogP contribution in [0.4, 0.5) is 0 Å². The fraction of sp³-hybridized carbons (Fsp3) is 0.286. The van der Waals surface area contributed by atoms with Crippen molar-refractivity contribution in [1.29, 1.82) is 0 Å². The molecule has 0 amide bonds. The minimum atomic E-state index is -0.988. The van der Waals surface area contributed by atoms with Gasteiger partial charge >= 0.3 is 0 Å². The SMILES string of the molecule is CCc1cccc(C(C)(O)c2ccoc2)c1. The third kappa shape index (κ3) is 1.89. The summed E-state index contributed by atoms with van der Waals surface area (Å²) in [4.78, 5) is 0. The van der Waals surface area contributed by atoms with Crippen molar-refractivity contribution in [3.8, 4) is 0 Å². The summed E-state index contributed by atoms with van der Waals surface area (Å²) >= 11 is 0. The predicted octanol–water partition coefficient (Wildman–Crippen LogP) is 3.10. The molecule has 84 valence electrons. The lowest BCUT2D eigenvalue weighted by molar-refractivity contribution is 0.101. The van der Waals surface area contributed by atoms with Crippen LogP contribution in [0.2, 0.25) is 0 Å². The van der Waals surface area contributed by atoms with Crippen LogP contribution in [0, 0.1) is 0 Å². The Morgan fingerprint density at radius 1 is 1.25 bits per heavy atom. The second-order valence-electron chi connectivity index (χ2n) is 4.14. The molecule has 0 aliphatic rings. The van der Waals surface area contributed by atoms with E-state index < -0.39 is 5.60 Å². The number of furan rings is 1. The average Bonchev–Trinajstić information content (AvgIpc) is 2.83. The van der Waals surface area contributed by atoms with Crippen LogP contribution < -0.4 is 0 Å². The van der Waals surface area contributed by atoms with Crippen molar-refractivity contribution in [2.75, 3.05) is 0 Å². The molecular weight excluding hydrogens is 200 g/mol. The topological polar surface area (TPSA) is 33.4 Å². The Morgan fingerprint density at radius 3 is 2.69 bits per heavy atom. The molecule has 2 nitrogen and oxygen atoms in total. The molecule has 1 N–H and O–H groups in total. The summed E-state index contributed by atoms with van der Waals surface area (Å²) in [5, 5.41) is 10.5. The van der Waals surface area contributed by atoms with Crippen molar-refractivity contribution in [2.45, 2.75) is 25.9 Å². The summed E-state index contributed by atoms with van der Waals surface area (Å²) in [6.45, 7) is 3.89. The van der Waals surface area contributed by atoms with Gasteiger partial charge in [0, 0.05) is 5.56 Å². The highest BCUT2D eigenvalue weighted by molar-refractivity contribution is 5.35. The van der Waals surface area contributed by atoms with Gasteiger partial charge in [-0.15, -0.1) is 0 Å². The van der Waals surface area contributed by atoms with Gasteiger partial charge in [0.1, 0.15) is 5.60 Å². The maximum atomic E-state index is 10.5. The van der Waals surface area contributed by atoms with Gasteiger partial charge in [0.15, 0.2) is 0 Å². The second kappa shape index (κ2) is 4.14. The molecule has 2 aromatic rings. The fourth-order valence-electron chi connectivity index (χ4n) is 1.80. The van der Waals surface area contributed by atoms with Crippen LogP contribution in [0.5, 0.6) is 0 Å². The molecule has 0 bridgehead atoms. The van der Waals surface area contributed by atoms with Gasteiger partial charge in [-0.05, 0) is 30.5 Å². The van der Waals surface area contributed by atoms with Crippen molar-refractivity contribution in [3.05, 3.63) is 59.5 Å². The molecule has 1 aromatic heterocycles. The van der Waals surface area contributed by atoms with E-state index in [1.54, 1.807) is 25.5 Å². The van der Waals surface area contributed by atoms with Gasteiger partial charge in [0.05, 0.1) is 12.5 Å². The van der Waals surface area contributed by atoms with E-state index in [1.165, 1.54) is 5.56 Å². The van der Waals surface area contributed by atoms with Crippen LogP contribution in [-0.4, -0.2) is 5.11 Å². The molecular formula is C14H16O2.